The van der Waals surface area contributed by atoms with Gasteiger partial charge in [-0.1, -0.05) is 68.3 Å². The van der Waals surface area contributed by atoms with E-state index in [9.17, 15) is 0 Å². The summed E-state index contributed by atoms with van der Waals surface area (Å²) in [6.45, 7) is 0. The highest BCUT2D eigenvalue weighted by Gasteiger charge is 2.29. The molecule has 1 heterocycles. The van der Waals surface area contributed by atoms with Crippen molar-refractivity contribution in [3.8, 4) is 0 Å². The predicted molar refractivity (Wildman–Crippen MR) is 123 cm³/mol. The van der Waals surface area contributed by atoms with Gasteiger partial charge in [0.05, 0.1) is 23.7 Å². The minimum absolute atomic E-state index is 0.135. The summed E-state index contributed by atoms with van der Waals surface area (Å²) in [5, 5.41) is 10.7. The second kappa shape index (κ2) is 8.29. The van der Waals surface area contributed by atoms with Crippen molar-refractivity contribution in [3.63, 3.8) is 0 Å². The molecule has 28 heavy (non-hydrogen) atoms. The highest BCUT2D eigenvalue weighted by Crippen LogP contribution is 2.37. The zero-order valence-electron chi connectivity index (χ0n) is 15.0. The van der Waals surface area contributed by atoms with Gasteiger partial charge in [-0.05, 0) is 53.1 Å². The number of nitrogens with two attached hydrogens (primary N) is 1. The molecule has 0 amide bonds. The summed E-state index contributed by atoms with van der Waals surface area (Å²) >= 11 is 7.09. The summed E-state index contributed by atoms with van der Waals surface area (Å²) in [5.41, 5.74) is 5.42. The summed E-state index contributed by atoms with van der Waals surface area (Å²) in [6.07, 6.45) is 2.47. The maximum atomic E-state index is 5.26. The van der Waals surface area contributed by atoms with Gasteiger partial charge in [0.25, 0.3) is 0 Å². The van der Waals surface area contributed by atoms with Gasteiger partial charge in [-0.3, -0.25) is 5.01 Å². The maximum absolute atomic E-state index is 5.26. The van der Waals surface area contributed by atoms with Crippen molar-refractivity contribution < 1.29 is 0 Å². The van der Waals surface area contributed by atoms with Crippen molar-refractivity contribution in [1.29, 1.82) is 0 Å². The first kappa shape index (κ1) is 18.9. The van der Waals surface area contributed by atoms with Crippen LogP contribution in [-0.2, 0) is 0 Å². The number of hydrogen-bond acceptors (Lipinski definition) is 4. The average molecular weight is 498 g/mol. The third kappa shape index (κ3) is 4.03. The van der Waals surface area contributed by atoms with Crippen molar-refractivity contribution in [2.24, 2.45) is 16.0 Å². The van der Waals surface area contributed by atoms with E-state index >= 15 is 0 Å². The van der Waals surface area contributed by atoms with Crippen LogP contribution in [-0.4, -0.2) is 11.9 Å². The van der Waals surface area contributed by atoms with E-state index in [1.54, 1.807) is 6.21 Å². The van der Waals surface area contributed by atoms with Gasteiger partial charge in [-0.15, -0.1) is 0 Å². The fraction of sp³-hybridized carbons (Fsp3) is 0.0909. The first-order valence-corrected chi connectivity index (χ1v) is 10.4. The zero-order chi connectivity index (χ0) is 19.5. The highest BCUT2D eigenvalue weighted by molar-refractivity contribution is 9.10. The van der Waals surface area contributed by atoms with E-state index in [2.05, 4.69) is 90.5 Å². The minimum atomic E-state index is 0.135. The summed E-state index contributed by atoms with van der Waals surface area (Å²) in [4.78, 5) is 0. The van der Waals surface area contributed by atoms with E-state index in [0.717, 1.165) is 37.9 Å². The van der Waals surface area contributed by atoms with Crippen LogP contribution in [0.4, 0.5) is 5.69 Å². The number of rotatable bonds is 4. The Labute approximate surface area is 181 Å². The van der Waals surface area contributed by atoms with Gasteiger partial charge in [0.2, 0.25) is 0 Å². The lowest BCUT2D eigenvalue weighted by atomic mass is 9.98. The van der Waals surface area contributed by atoms with Gasteiger partial charge >= 0.3 is 0 Å². The number of nitrogens with zero attached hydrogens (tertiary/aromatic N) is 3. The molecule has 4 rings (SSSR count). The lowest BCUT2D eigenvalue weighted by molar-refractivity contribution is 0.709. The normalized spacial score (nSPS) is 16.6. The Kier molecular flexibility index (Phi) is 5.59. The second-order valence-electron chi connectivity index (χ2n) is 6.54. The number of halogens is 2. The first-order valence-electron chi connectivity index (χ1n) is 8.85. The quantitative estimate of drug-likeness (QED) is 0.279. The first-order chi connectivity index (χ1) is 13.6. The Balaban J connectivity index is 1.73. The van der Waals surface area contributed by atoms with E-state index in [0.29, 0.717) is 0 Å². The van der Waals surface area contributed by atoms with Gasteiger partial charge in [0.1, 0.15) is 0 Å². The molecule has 0 radical (unpaired) electrons. The van der Waals surface area contributed by atoms with Crippen LogP contribution in [0, 0.1) is 0 Å². The van der Waals surface area contributed by atoms with Crippen molar-refractivity contribution >= 4 is 49.5 Å². The molecular weight excluding hydrogens is 480 g/mol. The van der Waals surface area contributed by atoms with E-state index < -0.39 is 0 Å². The van der Waals surface area contributed by atoms with Crippen molar-refractivity contribution in [2.45, 2.75) is 12.5 Å². The molecule has 0 aromatic heterocycles. The molecule has 1 unspecified atom stereocenters. The third-order valence-electron chi connectivity index (χ3n) is 4.70. The Morgan fingerprint density at radius 2 is 1.71 bits per heavy atom. The number of hydrazone groups is 2. The van der Waals surface area contributed by atoms with Crippen LogP contribution >= 0.6 is 31.9 Å². The molecule has 2 N–H and O–H groups in total. The van der Waals surface area contributed by atoms with Crippen molar-refractivity contribution in [1.82, 2.24) is 0 Å². The molecule has 0 fully saturated rings. The summed E-state index contributed by atoms with van der Waals surface area (Å²) in [7, 11) is 0. The monoisotopic (exact) mass is 496 g/mol. The molecule has 0 saturated carbocycles. The second-order valence-corrected chi connectivity index (χ2v) is 8.37. The van der Waals surface area contributed by atoms with Crippen molar-refractivity contribution in [2.75, 3.05) is 5.01 Å². The standard InChI is InChI=1S/C22H18Br2N4/c23-18-8-6-16(7-9-18)22-13-21(17-2-1-3-19(24)12-17)27-28(22)20-10-4-15(5-11-20)14-26-25/h1-12,14,22H,13,25H2. The molecule has 3 aromatic carbocycles. The lowest BCUT2D eigenvalue weighted by Gasteiger charge is -2.24. The molecular formula is C22H18Br2N4. The summed E-state index contributed by atoms with van der Waals surface area (Å²) in [6, 6.07) is 25.0. The third-order valence-corrected chi connectivity index (χ3v) is 5.73. The van der Waals surface area contributed by atoms with E-state index in [4.69, 9.17) is 10.9 Å². The number of anilines is 1. The fourth-order valence-electron chi connectivity index (χ4n) is 3.33. The Hall–Kier alpha value is -2.44. The van der Waals surface area contributed by atoms with E-state index in [-0.39, 0.29) is 6.04 Å². The van der Waals surface area contributed by atoms with Crippen LogP contribution in [0.5, 0.6) is 0 Å². The van der Waals surface area contributed by atoms with Crippen molar-refractivity contribution in [3.05, 3.63) is 98.4 Å². The molecule has 1 aliphatic rings. The van der Waals surface area contributed by atoms with Gasteiger partial charge in [-0.2, -0.15) is 10.2 Å². The van der Waals surface area contributed by atoms with E-state index in [1.807, 2.05) is 24.3 Å². The topological polar surface area (TPSA) is 54.0 Å². The van der Waals surface area contributed by atoms with Crippen LogP contribution in [0.2, 0.25) is 0 Å². The number of benzene rings is 3. The number of hydrogen-bond donors (Lipinski definition) is 1. The Morgan fingerprint density at radius 1 is 0.964 bits per heavy atom. The smallest absolute Gasteiger partial charge is 0.0831 e. The molecule has 6 heteroatoms. The molecule has 0 spiro atoms. The Morgan fingerprint density at radius 3 is 2.39 bits per heavy atom. The predicted octanol–water partition coefficient (Wildman–Crippen LogP) is 5.86. The summed E-state index contributed by atoms with van der Waals surface area (Å²) in [5.74, 6) is 5.26. The SMILES string of the molecule is NN=Cc1ccc(N2N=C(c3cccc(Br)c3)CC2c2ccc(Br)cc2)cc1. The van der Waals surface area contributed by atoms with Gasteiger partial charge in [-0.25, -0.2) is 0 Å². The van der Waals surface area contributed by atoms with Gasteiger partial charge in [0.15, 0.2) is 0 Å². The molecule has 140 valence electrons. The molecule has 0 aliphatic carbocycles. The van der Waals surface area contributed by atoms with E-state index in [1.165, 1.54) is 5.56 Å². The van der Waals surface area contributed by atoms with Crippen LogP contribution in [0.3, 0.4) is 0 Å². The fourth-order valence-corrected chi connectivity index (χ4v) is 4.00. The van der Waals surface area contributed by atoms with Crippen LogP contribution in [0.15, 0.2) is 91.9 Å². The molecule has 1 atom stereocenters. The van der Waals surface area contributed by atoms with Crippen LogP contribution in [0.25, 0.3) is 0 Å². The summed E-state index contributed by atoms with van der Waals surface area (Å²) < 4.78 is 2.12. The molecule has 0 saturated heterocycles. The maximum Gasteiger partial charge on any atom is 0.0831 e. The van der Waals surface area contributed by atoms with Crippen LogP contribution < -0.4 is 10.9 Å². The highest BCUT2D eigenvalue weighted by atomic mass is 79.9. The Bertz CT molecular complexity index is 1030. The lowest BCUT2D eigenvalue weighted by Crippen LogP contribution is -2.18. The molecule has 1 aliphatic heterocycles. The molecule has 0 bridgehead atoms. The average Bonchev–Trinajstić information content (AvgIpc) is 3.15. The van der Waals surface area contributed by atoms with Crippen LogP contribution in [0.1, 0.15) is 29.2 Å². The van der Waals surface area contributed by atoms with Gasteiger partial charge < -0.3 is 5.84 Å². The zero-order valence-corrected chi connectivity index (χ0v) is 18.1. The largest absolute Gasteiger partial charge is 0.323 e. The molecule has 4 nitrogen and oxygen atoms in total. The molecule has 3 aromatic rings. The van der Waals surface area contributed by atoms with Gasteiger partial charge in [0, 0.05) is 15.4 Å². The minimum Gasteiger partial charge on any atom is -0.323 e.